The molecule has 2 fully saturated rings. The van der Waals surface area contributed by atoms with E-state index in [0.717, 1.165) is 5.56 Å². The van der Waals surface area contributed by atoms with Crippen LogP contribution in [0.25, 0.3) is 11.1 Å². The van der Waals surface area contributed by atoms with Crippen molar-refractivity contribution in [1.82, 2.24) is 20.1 Å². The molecule has 1 atom stereocenters. The van der Waals surface area contributed by atoms with Gasteiger partial charge in [0, 0.05) is 86.4 Å². The first-order chi connectivity index (χ1) is 19.4. The second-order valence-electron chi connectivity index (χ2n) is 10.7. The van der Waals surface area contributed by atoms with Gasteiger partial charge in [-0.25, -0.2) is 18.0 Å². The van der Waals surface area contributed by atoms with Crippen LogP contribution in [0.4, 0.5) is 20.3 Å². The normalized spacial score (nSPS) is 18.6. The Hall–Kier alpha value is -3.71. The highest BCUT2D eigenvalue weighted by Gasteiger charge is 2.34. The molecule has 2 aliphatic rings. The minimum absolute atomic E-state index is 0.0609. The van der Waals surface area contributed by atoms with Gasteiger partial charge in [-0.05, 0) is 37.1 Å². The van der Waals surface area contributed by atoms with Crippen LogP contribution >= 0.6 is 0 Å². The van der Waals surface area contributed by atoms with Crippen LogP contribution in [0, 0.1) is 12.8 Å². The van der Waals surface area contributed by atoms with Crippen LogP contribution in [0.5, 0.6) is 0 Å². The lowest BCUT2D eigenvalue weighted by Crippen LogP contribution is -2.46. The number of anilines is 2. The summed E-state index contributed by atoms with van der Waals surface area (Å²) in [6.45, 7) is 3.22. The molecule has 1 aromatic carbocycles. The van der Waals surface area contributed by atoms with E-state index in [0.29, 0.717) is 47.2 Å². The fraction of sp³-hybridized carbons (Fsp3) is 0.429. The number of benzene rings is 1. The van der Waals surface area contributed by atoms with Crippen molar-refractivity contribution in [3.8, 4) is 11.1 Å². The number of hydrogen-bond donors (Lipinski definition) is 2. The third-order valence-corrected chi connectivity index (χ3v) is 9.16. The Bertz CT molecular complexity index is 1610. The molecule has 0 aliphatic carbocycles. The second-order valence-corrected chi connectivity index (χ2v) is 12.9. The zero-order valence-corrected chi connectivity index (χ0v) is 24.0. The maximum absolute atomic E-state index is 14.2. The Morgan fingerprint density at radius 3 is 2.66 bits per heavy atom. The molecule has 3 aromatic rings. The molecule has 0 bridgehead atoms. The number of hydrogen-bond acceptors (Lipinski definition) is 7. The molecule has 4 heterocycles. The van der Waals surface area contributed by atoms with E-state index in [1.807, 2.05) is 6.20 Å². The summed E-state index contributed by atoms with van der Waals surface area (Å²) in [5.74, 6) is -3.61. The highest BCUT2D eigenvalue weighted by Crippen LogP contribution is 2.34. The average molecular weight is 586 g/mol. The van der Waals surface area contributed by atoms with E-state index in [4.69, 9.17) is 0 Å². The Kier molecular flexibility index (Phi) is 7.93. The van der Waals surface area contributed by atoms with Gasteiger partial charge in [0.2, 0.25) is 5.92 Å². The number of carbonyl (C=O) groups is 2. The number of pyridine rings is 1. The molecule has 2 saturated heterocycles. The molecule has 0 spiro atoms. The first kappa shape index (κ1) is 28.8. The van der Waals surface area contributed by atoms with Gasteiger partial charge >= 0.3 is 0 Å². The molecule has 10 nitrogen and oxygen atoms in total. The van der Waals surface area contributed by atoms with Gasteiger partial charge in [-0.15, -0.1) is 0 Å². The lowest BCUT2D eigenvalue weighted by molar-refractivity contribution is -0.122. The largest absolute Gasteiger partial charge is 0.356 e. The molecule has 0 saturated carbocycles. The Balaban J connectivity index is 1.49. The van der Waals surface area contributed by atoms with Gasteiger partial charge < -0.3 is 15.5 Å². The number of aromatic nitrogens is 3. The van der Waals surface area contributed by atoms with Gasteiger partial charge in [-0.3, -0.25) is 14.3 Å². The first-order valence-electron chi connectivity index (χ1n) is 13.4. The SMILES string of the molecule is Cc1c(-c2cnn(C)c2)cnc(N2CCCC(F)(F)CC2)c1C(=O)Nc1cccc(S(C)(=O)=NC(=O)C2CNC2)c1. The molecule has 5 rings (SSSR count). The summed E-state index contributed by atoms with van der Waals surface area (Å²) in [5, 5.41) is 10.1. The molecule has 41 heavy (non-hydrogen) atoms. The molecule has 1 unspecified atom stereocenters. The fourth-order valence-corrected chi connectivity index (χ4v) is 6.27. The van der Waals surface area contributed by atoms with E-state index >= 15 is 0 Å². The zero-order valence-electron chi connectivity index (χ0n) is 23.2. The van der Waals surface area contributed by atoms with Crippen molar-refractivity contribution in [3.63, 3.8) is 0 Å². The van der Waals surface area contributed by atoms with Crippen molar-refractivity contribution in [2.75, 3.05) is 42.7 Å². The summed E-state index contributed by atoms with van der Waals surface area (Å²) in [7, 11) is -1.26. The van der Waals surface area contributed by atoms with Gasteiger partial charge in [-0.1, -0.05) is 6.07 Å². The topological polar surface area (TPSA) is 122 Å². The van der Waals surface area contributed by atoms with E-state index in [9.17, 15) is 22.6 Å². The van der Waals surface area contributed by atoms with Crippen molar-refractivity contribution in [2.24, 2.45) is 17.3 Å². The third kappa shape index (κ3) is 6.30. The van der Waals surface area contributed by atoms with Gasteiger partial charge in [-0.2, -0.15) is 9.46 Å². The molecule has 218 valence electrons. The monoisotopic (exact) mass is 585 g/mol. The van der Waals surface area contributed by atoms with E-state index in [-0.39, 0.29) is 37.3 Å². The number of rotatable bonds is 6. The van der Waals surface area contributed by atoms with Gasteiger partial charge in [0.15, 0.2) is 0 Å². The predicted molar refractivity (Wildman–Crippen MR) is 153 cm³/mol. The number of halogens is 2. The summed E-state index contributed by atoms with van der Waals surface area (Å²) in [5.41, 5.74) is 2.70. The lowest BCUT2D eigenvalue weighted by atomic mass is 9.99. The number of amides is 2. The van der Waals surface area contributed by atoms with Crippen LogP contribution in [0.1, 0.15) is 35.2 Å². The first-order valence-corrected chi connectivity index (χ1v) is 15.4. The lowest BCUT2D eigenvalue weighted by Gasteiger charge is -2.26. The Labute approximate surface area is 237 Å². The van der Waals surface area contributed by atoms with E-state index < -0.39 is 27.5 Å². The quantitative estimate of drug-likeness (QED) is 0.451. The molecular formula is C28H33F2N7O3S. The summed E-state index contributed by atoms with van der Waals surface area (Å²) in [4.78, 5) is 32.9. The number of carbonyl (C=O) groups excluding carboxylic acids is 2. The zero-order chi connectivity index (χ0) is 29.4. The second kappa shape index (κ2) is 11.3. The van der Waals surface area contributed by atoms with E-state index in [1.54, 1.807) is 54.1 Å². The van der Waals surface area contributed by atoms with Gasteiger partial charge in [0.1, 0.15) is 5.82 Å². The number of nitrogens with zero attached hydrogens (tertiary/aromatic N) is 5. The van der Waals surface area contributed by atoms with E-state index in [2.05, 4.69) is 25.1 Å². The minimum Gasteiger partial charge on any atom is -0.356 e. The van der Waals surface area contributed by atoms with Crippen LogP contribution in [0.2, 0.25) is 0 Å². The Morgan fingerprint density at radius 1 is 1.20 bits per heavy atom. The van der Waals surface area contributed by atoms with Crippen LogP contribution in [-0.4, -0.2) is 69.1 Å². The standard InChI is InChI=1S/C28H33F2N7O3S/c1-18-23(20-15-33-36(2)17-20)16-32-25(37-10-5-8-28(29,30)9-11-37)24(18)27(39)34-21-6-4-7-22(12-21)41(3,40)35-26(38)19-13-31-14-19/h4,6-7,12,15-17,19,31H,5,8-11,13-14H2,1-3H3,(H,34,39). The number of nitrogens with one attached hydrogen (secondary N) is 2. The summed E-state index contributed by atoms with van der Waals surface area (Å²) >= 11 is 0. The van der Waals surface area contributed by atoms with Crippen molar-refractivity contribution in [3.05, 3.63) is 54.0 Å². The molecular weight excluding hydrogens is 552 g/mol. The van der Waals surface area contributed by atoms with Crippen molar-refractivity contribution < 1.29 is 22.6 Å². The van der Waals surface area contributed by atoms with Crippen molar-refractivity contribution in [1.29, 1.82) is 0 Å². The predicted octanol–water partition coefficient (Wildman–Crippen LogP) is 3.87. The van der Waals surface area contributed by atoms with Crippen LogP contribution < -0.4 is 15.5 Å². The van der Waals surface area contributed by atoms with Crippen LogP contribution in [-0.2, 0) is 21.6 Å². The van der Waals surface area contributed by atoms with E-state index in [1.165, 1.54) is 12.3 Å². The molecule has 2 amide bonds. The maximum atomic E-state index is 14.2. The van der Waals surface area contributed by atoms with Gasteiger partial charge in [0.05, 0.1) is 27.4 Å². The molecule has 2 N–H and O–H groups in total. The molecule has 2 aliphatic heterocycles. The summed E-state index contributed by atoms with van der Waals surface area (Å²) < 4.78 is 47.3. The van der Waals surface area contributed by atoms with Crippen LogP contribution in [0.3, 0.4) is 0 Å². The molecule has 2 aromatic heterocycles. The minimum atomic E-state index is -3.05. The fourth-order valence-electron chi connectivity index (χ4n) is 4.99. The average Bonchev–Trinajstić information content (AvgIpc) is 3.21. The Morgan fingerprint density at radius 2 is 1.98 bits per heavy atom. The summed E-state index contributed by atoms with van der Waals surface area (Å²) in [6.07, 6.45) is 6.25. The molecule has 13 heteroatoms. The van der Waals surface area contributed by atoms with Crippen LogP contribution in [0.15, 0.2) is 52.1 Å². The molecule has 0 radical (unpaired) electrons. The maximum Gasteiger partial charge on any atom is 0.259 e. The van der Waals surface area contributed by atoms with Crippen molar-refractivity contribution >= 4 is 33.0 Å². The van der Waals surface area contributed by atoms with Gasteiger partial charge in [0.25, 0.3) is 11.8 Å². The highest BCUT2D eigenvalue weighted by atomic mass is 32.2. The highest BCUT2D eigenvalue weighted by molar-refractivity contribution is 7.93. The number of alkyl halides is 2. The third-order valence-electron chi connectivity index (χ3n) is 7.50. The number of aryl methyl sites for hydroxylation is 1. The smallest absolute Gasteiger partial charge is 0.259 e. The summed E-state index contributed by atoms with van der Waals surface area (Å²) in [6, 6.07) is 6.42. The van der Waals surface area contributed by atoms with Crippen molar-refractivity contribution in [2.45, 2.75) is 37.0 Å².